The van der Waals surface area contributed by atoms with Gasteiger partial charge in [0, 0.05) is 47.1 Å². The third kappa shape index (κ3) is 11.2. The summed E-state index contributed by atoms with van der Waals surface area (Å²) in [5.74, 6) is 0.778. The van der Waals surface area contributed by atoms with Crippen LogP contribution in [0.25, 0.3) is 0 Å². The van der Waals surface area contributed by atoms with E-state index in [0.717, 1.165) is 48.2 Å². The summed E-state index contributed by atoms with van der Waals surface area (Å²) in [5, 5.41) is 22.2. The maximum Gasteiger partial charge on any atom is 0.119 e. The van der Waals surface area contributed by atoms with E-state index >= 15 is 0 Å². The molecular weight excluding hydrogens is 617 g/mol. The first kappa shape index (κ1) is 40.8. The Kier molecular flexibility index (Phi) is 16.0. The van der Waals surface area contributed by atoms with Crippen LogP contribution < -0.4 is 0 Å². The van der Waals surface area contributed by atoms with Crippen molar-refractivity contribution in [2.24, 2.45) is 0 Å². The zero-order chi connectivity index (χ0) is 35.5. The van der Waals surface area contributed by atoms with Crippen LogP contribution in [0.2, 0.25) is 0 Å². The molecular formula is C45H64N2O3. The van der Waals surface area contributed by atoms with Crippen molar-refractivity contribution in [3.8, 4) is 11.5 Å². The number of rotatable bonds is 18. The minimum absolute atomic E-state index is 0. The molecule has 0 heterocycles. The van der Waals surface area contributed by atoms with Crippen LogP contribution in [-0.4, -0.2) is 57.3 Å². The van der Waals surface area contributed by atoms with Crippen molar-refractivity contribution in [1.29, 1.82) is 0 Å². The third-order valence-corrected chi connectivity index (χ3v) is 9.88. The molecule has 0 spiro atoms. The molecule has 4 aromatic carbocycles. The van der Waals surface area contributed by atoms with Gasteiger partial charge in [0.1, 0.15) is 11.5 Å². The minimum Gasteiger partial charge on any atom is -0.508 e. The van der Waals surface area contributed by atoms with Crippen LogP contribution in [0.4, 0.5) is 0 Å². The first-order valence-corrected chi connectivity index (χ1v) is 18.3. The predicted molar refractivity (Wildman–Crippen MR) is 211 cm³/mol. The van der Waals surface area contributed by atoms with Crippen molar-refractivity contribution in [3.63, 3.8) is 0 Å². The largest absolute Gasteiger partial charge is 0.508 e. The molecule has 0 bridgehead atoms. The molecule has 2 N–H and O–H groups in total. The van der Waals surface area contributed by atoms with Crippen molar-refractivity contribution in [2.45, 2.75) is 125 Å². The van der Waals surface area contributed by atoms with Gasteiger partial charge in [-0.3, -0.25) is 9.80 Å². The second-order valence-electron chi connectivity index (χ2n) is 14.6. The monoisotopic (exact) mass is 680 g/mol. The molecule has 0 saturated heterocycles. The van der Waals surface area contributed by atoms with Crippen LogP contribution >= 0.6 is 0 Å². The summed E-state index contributed by atoms with van der Waals surface area (Å²) in [6.45, 7) is 20.7. The molecule has 0 aliphatic heterocycles. The van der Waals surface area contributed by atoms with E-state index in [-0.39, 0.29) is 19.3 Å². The first-order chi connectivity index (χ1) is 23.5. The Hall–Kier alpha value is -3.64. The van der Waals surface area contributed by atoms with Crippen molar-refractivity contribution in [1.82, 2.24) is 9.80 Å². The van der Waals surface area contributed by atoms with Crippen LogP contribution in [0.5, 0.6) is 11.5 Å². The molecule has 0 aliphatic carbocycles. The number of hydrogen-bond donors (Lipinski definition) is 2. The van der Waals surface area contributed by atoms with E-state index < -0.39 is 0 Å². The van der Waals surface area contributed by atoms with Gasteiger partial charge in [0.15, 0.2) is 0 Å². The molecule has 0 fully saturated rings. The van der Waals surface area contributed by atoms with E-state index in [9.17, 15) is 10.2 Å². The standard InChI is InChI=1S/C44H60N2O3.CH4/c1-31(2)45(32(3)4)25-23-39(37-15-11-9-12-16-37)41-27-35(19-21-43(41)47)29-49-30-36-20-22-44(48)42(28-36)40(38-17-13-10-14-18-38)24-26-46(33(5)6)34(7)8;/h9-22,27-28,31-34,39-40,47-48H,23-26,29-30H2,1-8H3;1H4/t39-,40+;. The Labute approximate surface area is 303 Å². The third-order valence-electron chi connectivity index (χ3n) is 9.88. The van der Waals surface area contributed by atoms with Gasteiger partial charge >= 0.3 is 0 Å². The maximum absolute atomic E-state index is 11.1. The number of hydrogen-bond acceptors (Lipinski definition) is 5. The molecule has 2 atom stereocenters. The summed E-state index contributed by atoms with van der Waals surface area (Å²) in [6.07, 6.45) is 1.81. The average Bonchev–Trinajstić information content (AvgIpc) is 3.07. The Morgan fingerprint density at radius 1 is 0.500 bits per heavy atom. The molecule has 0 amide bonds. The Balaban J connectivity index is 0.00000676. The number of phenols is 2. The second kappa shape index (κ2) is 19.7. The van der Waals surface area contributed by atoms with E-state index in [0.29, 0.717) is 48.9 Å². The summed E-state index contributed by atoms with van der Waals surface area (Å²) in [6, 6.07) is 34.6. The highest BCUT2D eigenvalue weighted by molar-refractivity contribution is 5.45. The summed E-state index contributed by atoms with van der Waals surface area (Å²) in [4.78, 5) is 5.03. The molecule has 272 valence electrons. The number of ether oxygens (including phenoxy) is 1. The van der Waals surface area contributed by atoms with Gasteiger partial charge in [-0.05, 0) is 128 Å². The van der Waals surface area contributed by atoms with Crippen molar-refractivity contribution >= 4 is 0 Å². The molecule has 0 aromatic heterocycles. The van der Waals surface area contributed by atoms with Crippen molar-refractivity contribution in [2.75, 3.05) is 13.1 Å². The summed E-state index contributed by atoms with van der Waals surface area (Å²) in [7, 11) is 0. The SMILES string of the molecule is C.CC(C)N(CC[C@H](c1ccccc1)c1cc(COCc2ccc(O)c([C@@H](CCN(C(C)C)C(C)C)c3ccccc3)c2)ccc1O)C(C)C. The van der Waals surface area contributed by atoms with E-state index in [4.69, 9.17) is 4.74 Å². The van der Waals surface area contributed by atoms with Crippen LogP contribution in [0.3, 0.4) is 0 Å². The normalized spacial score (nSPS) is 13.1. The van der Waals surface area contributed by atoms with Crippen molar-refractivity contribution < 1.29 is 14.9 Å². The highest BCUT2D eigenvalue weighted by atomic mass is 16.5. The summed E-state index contributed by atoms with van der Waals surface area (Å²) >= 11 is 0. The smallest absolute Gasteiger partial charge is 0.119 e. The van der Waals surface area contributed by atoms with Gasteiger partial charge in [0.25, 0.3) is 0 Å². The highest BCUT2D eigenvalue weighted by Gasteiger charge is 2.23. The van der Waals surface area contributed by atoms with E-state index in [1.54, 1.807) is 0 Å². The fourth-order valence-electron chi connectivity index (χ4n) is 7.39. The predicted octanol–water partition coefficient (Wildman–Crippen LogP) is 10.7. The topological polar surface area (TPSA) is 56.2 Å². The van der Waals surface area contributed by atoms with Gasteiger partial charge in [0.2, 0.25) is 0 Å². The lowest BCUT2D eigenvalue weighted by Crippen LogP contribution is -2.38. The number of nitrogens with zero attached hydrogens (tertiary/aromatic N) is 2. The molecule has 5 nitrogen and oxygen atoms in total. The van der Waals surface area contributed by atoms with Gasteiger partial charge in [-0.15, -0.1) is 0 Å². The lowest BCUT2D eigenvalue weighted by Gasteiger charge is -2.32. The van der Waals surface area contributed by atoms with E-state index in [1.807, 2.05) is 36.4 Å². The Morgan fingerprint density at radius 2 is 0.840 bits per heavy atom. The molecule has 50 heavy (non-hydrogen) atoms. The average molecular weight is 681 g/mol. The van der Waals surface area contributed by atoms with Gasteiger partial charge in [-0.1, -0.05) is 80.2 Å². The van der Waals surface area contributed by atoms with E-state index in [1.165, 1.54) is 11.1 Å². The number of aromatic hydroxyl groups is 2. The van der Waals surface area contributed by atoms with Crippen LogP contribution in [0.15, 0.2) is 97.1 Å². The quantitative estimate of drug-likeness (QED) is 0.110. The second-order valence-corrected chi connectivity index (χ2v) is 14.6. The molecule has 5 heteroatoms. The van der Waals surface area contributed by atoms with Gasteiger partial charge in [0.05, 0.1) is 13.2 Å². The highest BCUT2D eigenvalue weighted by Crippen LogP contribution is 2.37. The molecule has 0 unspecified atom stereocenters. The van der Waals surface area contributed by atoms with E-state index in [2.05, 4.69) is 126 Å². The van der Waals surface area contributed by atoms with Crippen LogP contribution in [0, 0.1) is 0 Å². The fourth-order valence-corrected chi connectivity index (χ4v) is 7.39. The Bertz CT molecular complexity index is 1420. The van der Waals surface area contributed by atoms with Gasteiger partial charge in [-0.25, -0.2) is 0 Å². The zero-order valence-electron chi connectivity index (χ0n) is 31.1. The minimum atomic E-state index is 0. The van der Waals surface area contributed by atoms with Crippen molar-refractivity contribution in [3.05, 3.63) is 130 Å². The van der Waals surface area contributed by atoms with Gasteiger partial charge < -0.3 is 14.9 Å². The molecule has 0 saturated carbocycles. The molecule has 0 aliphatic rings. The number of phenolic OH excluding ortho intramolecular Hbond substituents is 2. The van der Waals surface area contributed by atoms with Crippen LogP contribution in [-0.2, 0) is 18.0 Å². The lowest BCUT2D eigenvalue weighted by atomic mass is 9.86. The Morgan fingerprint density at radius 3 is 1.16 bits per heavy atom. The number of benzene rings is 4. The lowest BCUT2D eigenvalue weighted by molar-refractivity contribution is 0.107. The molecule has 4 rings (SSSR count). The molecule has 0 radical (unpaired) electrons. The summed E-state index contributed by atoms with van der Waals surface area (Å²) < 4.78 is 6.31. The zero-order valence-corrected chi connectivity index (χ0v) is 31.1. The first-order valence-electron chi connectivity index (χ1n) is 18.3. The molecule has 4 aromatic rings. The maximum atomic E-state index is 11.1. The van der Waals surface area contributed by atoms with Crippen LogP contribution in [0.1, 0.15) is 121 Å². The fraction of sp³-hybridized carbons (Fsp3) is 0.467. The summed E-state index contributed by atoms with van der Waals surface area (Å²) in [5.41, 5.74) is 6.35. The van der Waals surface area contributed by atoms with Gasteiger partial charge in [-0.2, -0.15) is 0 Å².